The van der Waals surface area contributed by atoms with Gasteiger partial charge >= 0.3 is 0 Å². The van der Waals surface area contributed by atoms with Crippen LogP contribution in [0.1, 0.15) is 16.8 Å². The van der Waals surface area contributed by atoms with E-state index in [0.29, 0.717) is 0 Å². The van der Waals surface area contributed by atoms with E-state index in [4.69, 9.17) is 0 Å². The molecule has 2 rings (SSSR count). The van der Waals surface area contributed by atoms with Crippen LogP contribution in [-0.2, 0) is 6.54 Å². The van der Waals surface area contributed by atoms with Gasteiger partial charge in [-0.05, 0) is 33.4 Å². The van der Waals surface area contributed by atoms with Crippen LogP contribution < -0.4 is 5.32 Å². The first kappa shape index (κ1) is 12.8. The van der Waals surface area contributed by atoms with E-state index in [0.717, 1.165) is 18.8 Å². The molecule has 0 aliphatic heterocycles. The van der Waals surface area contributed by atoms with E-state index >= 15 is 0 Å². The molecule has 96 valence electrons. The summed E-state index contributed by atoms with van der Waals surface area (Å²) in [5.41, 5.74) is 6.19. The zero-order valence-corrected chi connectivity index (χ0v) is 11.6. The summed E-state index contributed by atoms with van der Waals surface area (Å²) < 4.78 is 2.01. The molecule has 0 radical (unpaired) electrons. The lowest BCUT2D eigenvalue weighted by Gasteiger charge is -2.03. The maximum atomic E-state index is 4.56. The van der Waals surface area contributed by atoms with Crippen molar-refractivity contribution >= 4 is 0 Å². The highest BCUT2D eigenvalue weighted by atomic mass is 15.3. The highest BCUT2D eigenvalue weighted by Crippen LogP contribution is 2.24. The summed E-state index contributed by atoms with van der Waals surface area (Å²) in [6.07, 6.45) is 2.14. The molecule has 1 N–H and O–H groups in total. The van der Waals surface area contributed by atoms with Crippen LogP contribution in [0, 0.1) is 20.8 Å². The third kappa shape index (κ3) is 2.79. The van der Waals surface area contributed by atoms with Crippen molar-refractivity contribution in [2.45, 2.75) is 27.3 Å². The van der Waals surface area contributed by atoms with Crippen molar-refractivity contribution in [3.8, 4) is 11.1 Å². The first-order chi connectivity index (χ1) is 8.60. The van der Waals surface area contributed by atoms with E-state index in [1.54, 1.807) is 0 Å². The molecule has 0 spiro atoms. The number of nitrogens with one attached hydrogen (secondary N) is 1. The van der Waals surface area contributed by atoms with Crippen LogP contribution in [0.2, 0.25) is 0 Å². The van der Waals surface area contributed by atoms with Crippen molar-refractivity contribution in [2.75, 3.05) is 13.6 Å². The van der Waals surface area contributed by atoms with Crippen molar-refractivity contribution in [1.29, 1.82) is 0 Å². The Morgan fingerprint density at radius 2 is 1.78 bits per heavy atom. The minimum atomic E-state index is 0.905. The van der Waals surface area contributed by atoms with Gasteiger partial charge in [0.15, 0.2) is 0 Å². The number of aryl methyl sites for hydroxylation is 3. The van der Waals surface area contributed by atoms with Gasteiger partial charge in [0.2, 0.25) is 0 Å². The predicted molar refractivity (Wildman–Crippen MR) is 75.8 cm³/mol. The third-order valence-electron chi connectivity index (χ3n) is 3.07. The smallest absolute Gasteiger partial charge is 0.0672 e. The van der Waals surface area contributed by atoms with Crippen molar-refractivity contribution in [2.24, 2.45) is 0 Å². The molecule has 1 aromatic carbocycles. The van der Waals surface area contributed by atoms with Crippen molar-refractivity contribution in [1.82, 2.24) is 15.1 Å². The fraction of sp³-hybridized carbons (Fsp3) is 0.400. The summed E-state index contributed by atoms with van der Waals surface area (Å²) in [7, 11) is 1.96. The molecule has 0 saturated heterocycles. The van der Waals surface area contributed by atoms with E-state index < -0.39 is 0 Å². The van der Waals surface area contributed by atoms with Crippen LogP contribution in [0.15, 0.2) is 24.4 Å². The molecule has 0 bridgehead atoms. The summed E-state index contributed by atoms with van der Waals surface area (Å²) in [6, 6.07) is 6.64. The molecule has 2 aromatic rings. The molecule has 0 saturated carbocycles. The average Bonchev–Trinajstić information content (AvgIpc) is 2.66. The predicted octanol–water partition coefficient (Wildman–Crippen LogP) is 2.69. The molecular formula is C15H21N3. The van der Waals surface area contributed by atoms with Gasteiger partial charge in [-0.3, -0.25) is 4.68 Å². The maximum Gasteiger partial charge on any atom is 0.0672 e. The molecule has 0 fully saturated rings. The molecule has 3 nitrogen and oxygen atoms in total. The van der Waals surface area contributed by atoms with Gasteiger partial charge in [-0.1, -0.05) is 29.3 Å². The largest absolute Gasteiger partial charge is 0.318 e. The minimum absolute atomic E-state index is 0.905. The van der Waals surface area contributed by atoms with Crippen LogP contribution in [0.25, 0.3) is 11.1 Å². The molecular weight excluding hydrogens is 222 g/mol. The average molecular weight is 243 g/mol. The topological polar surface area (TPSA) is 29.9 Å². The van der Waals surface area contributed by atoms with Gasteiger partial charge < -0.3 is 5.32 Å². The molecule has 18 heavy (non-hydrogen) atoms. The highest BCUT2D eigenvalue weighted by molar-refractivity contribution is 5.66. The zero-order chi connectivity index (χ0) is 13.1. The van der Waals surface area contributed by atoms with E-state index in [-0.39, 0.29) is 0 Å². The molecule has 3 heteroatoms. The molecule has 0 atom stereocenters. The maximum absolute atomic E-state index is 4.56. The van der Waals surface area contributed by atoms with Crippen LogP contribution in [0.3, 0.4) is 0 Å². The SMILES string of the molecule is CNCCn1cc(-c2cc(C)cc(C)c2)c(C)n1. The molecule has 0 unspecified atom stereocenters. The fourth-order valence-electron chi connectivity index (χ4n) is 2.27. The highest BCUT2D eigenvalue weighted by Gasteiger charge is 2.08. The van der Waals surface area contributed by atoms with E-state index in [1.807, 2.05) is 11.7 Å². The molecule has 0 aliphatic rings. The Morgan fingerprint density at radius 3 is 2.39 bits per heavy atom. The first-order valence-corrected chi connectivity index (χ1v) is 6.37. The minimum Gasteiger partial charge on any atom is -0.318 e. The van der Waals surface area contributed by atoms with Crippen molar-refractivity contribution < 1.29 is 0 Å². The number of nitrogens with zero attached hydrogens (tertiary/aromatic N) is 2. The van der Waals surface area contributed by atoms with Crippen molar-refractivity contribution in [3.05, 3.63) is 41.2 Å². The standard InChI is InChI=1S/C15H21N3/c1-11-7-12(2)9-14(8-11)15-10-18(6-5-16-4)17-13(15)3/h7-10,16H,5-6H2,1-4H3. The van der Waals surface area contributed by atoms with Crippen molar-refractivity contribution in [3.63, 3.8) is 0 Å². The normalized spacial score (nSPS) is 10.9. The Kier molecular flexibility index (Phi) is 3.82. The van der Waals surface area contributed by atoms with Gasteiger partial charge in [-0.15, -0.1) is 0 Å². The Balaban J connectivity index is 2.34. The van der Waals surface area contributed by atoms with Gasteiger partial charge in [-0.2, -0.15) is 5.10 Å². The van der Waals surface area contributed by atoms with Crippen LogP contribution in [0.5, 0.6) is 0 Å². The number of aromatic nitrogens is 2. The lowest BCUT2D eigenvalue weighted by molar-refractivity contribution is 0.581. The molecule has 1 aromatic heterocycles. The monoisotopic (exact) mass is 243 g/mol. The lowest BCUT2D eigenvalue weighted by atomic mass is 10.0. The quantitative estimate of drug-likeness (QED) is 0.894. The number of hydrogen-bond donors (Lipinski definition) is 1. The number of rotatable bonds is 4. The molecule has 0 amide bonds. The van der Waals surface area contributed by atoms with Crippen LogP contribution in [0.4, 0.5) is 0 Å². The van der Waals surface area contributed by atoms with Gasteiger partial charge in [0.05, 0.1) is 12.2 Å². The second-order valence-corrected chi connectivity index (χ2v) is 4.87. The fourth-order valence-corrected chi connectivity index (χ4v) is 2.27. The third-order valence-corrected chi connectivity index (χ3v) is 3.07. The zero-order valence-electron chi connectivity index (χ0n) is 11.6. The number of hydrogen-bond acceptors (Lipinski definition) is 2. The summed E-state index contributed by atoms with van der Waals surface area (Å²) in [5.74, 6) is 0. The van der Waals surface area contributed by atoms with E-state index in [2.05, 4.69) is 55.6 Å². The summed E-state index contributed by atoms with van der Waals surface area (Å²) in [4.78, 5) is 0. The number of likely N-dealkylation sites (N-methyl/N-ethyl adjacent to an activating group) is 1. The van der Waals surface area contributed by atoms with E-state index in [1.165, 1.54) is 22.3 Å². The Labute approximate surface area is 109 Å². The lowest BCUT2D eigenvalue weighted by Crippen LogP contribution is -2.15. The second kappa shape index (κ2) is 5.36. The summed E-state index contributed by atoms with van der Waals surface area (Å²) >= 11 is 0. The molecule has 0 aliphatic carbocycles. The Bertz CT molecular complexity index is 520. The molecule has 1 heterocycles. The van der Waals surface area contributed by atoms with Gasteiger partial charge in [0.25, 0.3) is 0 Å². The van der Waals surface area contributed by atoms with Gasteiger partial charge in [-0.25, -0.2) is 0 Å². The summed E-state index contributed by atoms with van der Waals surface area (Å²) in [5, 5.41) is 7.70. The first-order valence-electron chi connectivity index (χ1n) is 6.37. The second-order valence-electron chi connectivity index (χ2n) is 4.87. The van der Waals surface area contributed by atoms with Crippen LogP contribution in [-0.4, -0.2) is 23.4 Å². The Hall–Kier alpha value is -1.61. The Morgan fingerprint density at radius 1 is 1.11 bits per heavy atom. The number of benzene rings is 1. The van der Waals surface area contributed by atoms with E-state index in [9.17, 15) is 0 Å². The van der Waals surface area contributed by atoms with Gasteiger partial charge in [0.1, 0.15) is 0 Å². The van der Waals surface area contributed by atoms with Crippen LogP contribution >= 0.6 is 0 Å². The van der Waals surface area contributed by atoms with Gasteiger partial charge in [0, 0.05) is 18.3 Å². The summed E-state index contributed by atoms with van der Waals surface area (Å²) in [6.45, 7) is 8.19.